The monoisotopic (exact) mass is 423 g/mol. The number of anilines is 1. The van der Waals surface area contributed by atoms with Gasteiger partial charge in [-0.1, -0.05) is 6.92 Å². The fraction of sp³-hybridized carbons (Fsp3) is 0.450. The summed E-state index contributed by atoms with van der Waals surface area (Å²) in [6, 6.07) is 4.39. The van der Waals surface area contributed by atoms with Crippen LogP contribution in [0.25, 0.3) is 10.9 Å². The molecule has 2 heterocycles. The lowest BCUT2D eigenvalue weighted by Gasteiger charge is -2.39. The zero-order chi connectivity index (χ0) is 22.1. The predicted octanol–water partition coefficient (Wildman–Crippen LogP) is 1.79. The van der Waals surface area contributed by atoms with Crippen molar-refractivity contribution in [2.24, 2.45) is 17.4 Å². The number of nitrogens with zero attached hydrogens (tertiary/aromatic N) is 2. The summed E-state index contributed by atoms with van der Waals surface area (Å²) in [5, 5.41) is 3.23. The van der Waals surface area contributed by atoms with E-state index in [1.54, 1.807) is 12.1 Å². The van der Waals surface area contributed by atoms with E-state index in [1.807, 2.05) is 11.8 Å². The van der Waals surface area contributed by atoms with E-state index < -0.39 is 29.6 Å². The van der Waals surface area contributed by atoms with Crippen molar-refractivity contribution in [3.05, 3.63) is 36.0 Å². The third-order valence-corrected chi connectivity index (χ3v) is 5.16. The molecule has 2 aromatic rings. The van der Waals surface area contributed by atoms with E-state index in [9.17, 15) is 22.8 Å². The quantitative estimate of drug-likeness (QED) is 0.678. The highest BCUT2D eigenvalue weighted by Gasteiger charge is 2.35. The van der Waals surface area contributed by atoms with Crippen molar-refractivity contribution in [3.63, 3.8) is 0 Å². The Morgan fingerprint density at radius 3 is 2.70 bits per heavy atom. The number of rotatable bonds is 5. The lowest BCUT2D eigenvalue weighted by molar-refractivity contribution is -0.136. The molecule has 1 aliphatic heterocycles. The van der Waals surface area contributed by atoms with Crippen LogP contribution in [0.4, 0.5) is 18.9 Å². The molecule has 30 heavy (non-hydrogen) atoms. The predicted molar refractivity (Wildman–Crippen MR) is 106 cm³/mol. The van der Waals surface area contributed by atoms with Gasteiger partial charge in [0.05, 0.1) is 23.5 Å². The van der Waals surface area contributed by atoms with Gasteiger partial charge >= 0.3 is 6.18 Å². The van der Waals surface area contributed by atoms with Gasteiger partial charge in [0.25, 0.3) is 0 Å². The Kier molecular flexibility index (Phi) is 6.16. The molecule has 0 aliphatic carbocycles. The molecule has 1 aromatic carbocycles. The van der Waals surface area contributed by atoms with Crippen LogP contribution in [-0.4, -0.2) is 42.0 Å². The fourth-order valence-electron chi connectivity index (χ4n) is 3.93. The molecule has 1 aliphatic rings. The lowest BCUT2D eigenvalue weighted by Crippen LogP contribution is -2.54. The summed E-state index contributed by atoms with van der Waals surface area (Å²) < 4.78 is 40.1. The molecule has 5 N–H and O–H groups in total. The van der Waals surface area contributed by atoms with Crippen molar-refractivity contribution in [1.29, 1.82) is 0 Å². The highest BCUT2D eigenvalue weighted by atomic mass is 19.4. The molecule has 1 fully saturated rings. The van der Waals surface area contributed by atoms with E-state index in [0.29, 0.717) is 30.6 Å². The second-order valence-electron chi connectivity index (χ2n) is 7.76. The van der Waals surface area contributed by atoms with E-state index >= 15 is 0 Å². The summed E-state index contributed by atoms with van der Waals surface area (Å²) in [6.07, 6.45) is -2.74. The number of hydrogen-bond donors (Lipinski definition) is 3. The first kappa shape index (κ1) is 21.8. The molecule has 0 bridgehead atoms. The lowest BCUT2D eigenvalue weighted by atomic mass is 9.94. The Hall–Kier alpha value is -2.88. The van der Waals surface area contributed by atoms with Crippen molar-refractivity contribution in [2.75, 3.05) is 18.0 Å². The maximum Gasteiger partial charge on any atom is 0.418 e. The topological polar surface area (TPSA) is 114 Å². The van der Waals surface area contributed by atoms with Gasteiger partial charge in [0.1, 0.15) is 0 Å². The third-order valence-electron chi connectivity index (χ3n) is 5.16. The van der Waals surface area contributed by atoms with Crippen LogP contribution in [0.2, 0.25) is 0 Å². The Morgan fingerprint density at radius 2 is 2.03 bits per heavy atom. The zero-order valence-electron chi connectivity index (χ0n) is 16.4. The Morgan fingerprint density at radius 1 is 1.30 bits per heavy atom. The zero-order valence-corrected chi connectivity index (χ0v) is 16.4. The molecule has 10 heteroatoms. The third kappa shape index (κ3) is 4.81. The molecule has 162 valence electrons. The smallest absolute Gasteiger partial charge is 0.370 e. The molecule has 0 saturated carbocycles. The van der Waals surface area contributed by atoms with Gasteiger partial charge in [-0.05, 0) is 36.6 Å². The van der Waals surface area contributed by atoms with Crippen LogP contribution in [0, 0.1) is 5.92 Å². The maximum atomic E-state index is 13.4. The summed E-state index contributed by atoms with van der Waals surface area (Å²) in [5.41, 5.74) is 10.5. The van der Waals surface area contributed by atoms with Gasteiger partial charge < -0.3 is 21.7 Å². The van der Waals surface area contributed by atoms with Gasteiger partial charge in [-0.2, -0.15) is 13.2 Å². The Labute approximate surface area is 171 Å². The second kappa shape index (κ2) is 8.47. The number of hydrogen-bond acceptors (Lipinski definition) is 5. The molecule has 0 unspecified atom stereocenters. The summed E-state index contributed by atoms with van der Waals surface area (Å²) in [4.78, 5) is 29.2. The summed E-state index contributed by atoms with van der Waals surface area (Å²) in [7, 11) is 0. The van der Waals surface area contributed by atoms with Gasteiger partial charge in [0.15, 0.2) is 0 Å². The van der Waals surface area contributed by atoms with Crippen LogP contribution in [0.3, 0.4) is 0 Å². The minimum atomic E-state index is -4.51. The van der Waals surface area contributed by atoms with Crippen LogP contribution in [0.1, 0.15) is 25.3 Å². The molecule has 3 rings (SSSR count). The van der Waals surface area contributed by atoms with E-state index in [4.69, 9.17) is 11.5 Å². The highest BCUT2D eigenvalue weighted by Crippen LogP contribution is 2.38. The van der Waals surface area contributed by atoms with Crippen molar-refractivity contribution < 1.29 is 22.8 Å². The van der Waals surface area contributed by atoms with Gasteiger partial charge in [0, 0.05) is 36.4 Å². The minimum Gasteiger partial charge on any atom is -0.370 e. The van der Waals surface area contributed by atoms with Crippen molar-refractivity contribution in [3.8, 4) is 0 Å². The first-order valence-electron chi connectivity index (χ1n) is 9.60. The number of carbonyl (C=O) groups is 2. The first-order valence-corrected chi connectivity index (χ1v) is 9.60. The van der Waals surface area contributed by atoms with Gasteiger partial charge in [-0.15, -0.1) is 0 Å². The number of piperidine rings is 1. The molecular weight excluding hydrogens is 399 g/mol. The number of alkyl halides is 3. The van der Waals surface area contributed by atoms with Crippen molar-refractivity contribution in [1.82, 2.24) is 10.3 Å². The van der Waals surface area contributed by atoms with E-state index in [2.05, 4.69) is 10.3 Å². The number of nitrogens with one attached hydrogen (secondary N) is 1. The molecule has 1 aromatic heterocycles. The van der Waals surface area contributed by atoms with Crippen LogP contribution in [-0.2, 0) is 15.8 Å². The summed E-state index contributed by atoms with van der Waals surface area (Å²) in [6.45, 7) is 3.02. The summed E-state index contributed by atoms with van der Waals surface area (Å²) >= 11 is 0. The number of primary amides is 1. The summed E-state index contributed by atoms with van der Waals surface area (Å²) in [5.74, 6) is -0.975. The van der Waals surface area contributed by atoms with E-state index in [1.165, 1.54) is 12.3 Å². The first-order chi connectivity index (χ1) is 14.1. The van der Waals surface area contributed by atoms with Crippen LogP contribution < -0.4 is 21.7 Å². The number of benzene rings is 1. The van der Waals surface area contributed by atoms with Crippen LogP contribution >= 0.6 is 0 Å². The average Bonchev–Trinajstić information content (AvgIpc) is 2.65. The van der Waals surface area contributed by atoms with Crippen LogP contribution in [0.15, 0.2) is 30.5 Å². The van der Waals surface area contributed by atoms with E-state index in [0.717, 1.165) is 6.07 Å². The SMILES string of the molecule is C[C@H]1C[C@@H](NC(=O)[C@@H](N)CC(N)=O)CN(c2ccc(C(F)(F)F)c3ncccc23)C1. The van der Waals surface area contributed by atoms with Crippen LogP contribution in [0.5, 0.6) is 0 Å². The molecule has 0 spiro atoms. The van der Waals surface area contributed by atoms with Gasteiger partial charge in [-0.3, -0.25) is 14.6 Å². The van der Waals surface area contributed by atoms with Crippen molar-refractivity contribution >= 4 is 28.4 Å². The number of carbonyl (C=O) groups excluding carboxylic acids is 2. The van der Waals surface area contributed by atoms with Gasteiger partial charge in [0.2, 0.25) is 11.8 Å². The number of fused-ring (bicyclic) bond motifs is 1. The van der Waals surface area contributed by atoms with E-state index in [-0.39, 0.29) is 23.9 Å². The number of pyridine rings is 1. The van der Waals surface area contributed by atoms with Gasteiger partial charge in [-0.25, -0.2) is 0 Å². The number of amides is 2. The Bertz CT molecular complexity index is 950. The molecule has 0 radical (unpaired) electrons. The highest BCUT2D eigenvalue weighted by molar-refractivity contribution is 5.94. The number of nitrogens with two attached hydrogens (primary N) is 2. The largest absolute Gasteiger partial charge is 0.418 e. The molecule has 7 nitrogen and oxygen atoms in total. The molecule has 3 atom stereocenters. The second-order valence-corrected chi connectivity index (χ2v) is 7.76. The normalized spacial score (nSPS) is 20.8. The Balaban J connectivity index is 1.86. The van der Waals surface area contributed by atoms with Crippen molar-refractivity contribution in [2.45, 2.75) is 38.0 Å². The maximum absolute atomic E-state index is 13.4. The molecular formula is C20H24F3N5O2. The number of halogens is 3. The minimum absolute atomic E-state index is 0.107. The standard InChI is InChI=1S/C20H24F3N5O2/c1-11-7-12(27-19(30)15(24)8-17(25)29)10-28(9-11)16-5-4-14(20(21,22)23)18-13(16)3-2-6-26-18/h2-6,11-12,15H,7-10,24H2,1H3,(H2,25,29)(H,27,30)/t11-,12+,15-/m0/s1. The fourth-order valence-corrected chi connectivity index (χ4v) is 3.93. The molecule has 2 amide bonds. The average molecular weight is 423 g/mol. The molecule has 1 saturated heterocycles. The number of aromatic nitrogens is 1.